The van der Waals surface area contributed by atoms with Gasteiger partial charge in [-0.3, -0.25) is 9.89 Å². The van der Waals surface area contributed by atoms with Crippen LogP contribution in [0.1, 0.15) is 13.3 Å². The van der Waals surface area contributed by atoms with Gasteiger partial charge in [0.05, 0.1) is 19.2 Å². The van der Waals surface area contributed by atoms with Crippen molar-refractivity contribution >= 4 is 11.6 Å². The predicted molar refractivity (Wildman–Crippen MR) is 73.8 cm³/mol. The zero-order valence-electron chi connectivity index (χ0n) is 10.8. The van der Waals surface area contributed by atoms with Crippen LogP contribution >= 0.6 is 0 Å². The summed E-state index contributed by atoms with van der Waals surface area (Å²) in [7, 11) is 0. The van der Waals surface area contributed by atoms with E-state index in [0.29, 0.717) is 19.6 Å². The maximum Gasteiger partial charge on any atom is 0.226 e. The molecule has 2 N–H and O–H groups in total. The summed E-state index contributed by atoms with van der Waals surface area (Å²) in [6, 6.07) is 7.66. The number of aromatic amines is 1. The van der Waals surface area contributed by atoms with Crippen LogP contribution in [0.25, 0.3) is 11.1 Å². The molecule has 19 heavy (non-hydrogen) atoms. The quantitative estimate of drug-likeness (QED) is 0.783. The maximum atomic E-state index is 11.7. The number of amides is 1. The van der Waals surface area contributed by atoms with E-state index in [1.807, 2.05) is 37.4 Å². The van der Waals surface area contributed by atoms with Crippen molar-refractivity contribution in [2.45, 2.75) is 13.3 Å². The Morgan fingerprint density at radius 1 is 1.42 bits per heavy atom. The fourth-order valence-electron chi connectivity index (χ4n) is 1.72. The van der Waals surface area contributed by atoms with Gasteiger partial charge in [-0.1, -0.05) is 12.1 Å². The number of H-pyrrole nitrogens is 1. The lowest BCUT2D eigenvalue weighted by atomic mass is 10.1. The fraction of sp³-hybridized carbons (Fsp3) is 0.286. The highest BCUT2D eigenvalue weighted by Gasteiger charge is 2.04. The van der Waals surface area contributed by atoms with Crippen molar-refractivity contribution in [1.29, 1.82) is 0 Å². The van der Waals surface area contributed by atoms with Crippen LogP contribution in [0, 0.1) is 0 Å². The number of rotatable bonds is 6. The third-order valence-corrected chi connectivity index (χ3v) is 2.66. The number of benzene rings is 1. The zero-order chi connectivity index (χ0) is 13.5. The minimum absolute atomic E-state index is 0.0437. The third kappa shape index (κ3) is 3.93. The average molecular weight is 259 g/mol. The van der Waals surface area contributed by atoms with Gasteiger partial charge in [-0.15, -0.1) is 0 Å². The van der Waals surface area contributed by atoms with Crippen LogP contribution in [0.15, 0.2) is 36.7 Å². The molecule has 0 radical (unpaired) electrons. The van der Waals surface area contributed by atoms with Gasteiger partial charge in [-0.05, 0) is 24.6 Å². The van der Waals surface area contributed by atoms with E-state index in [2.05, 4.69) is 15.5 Å². The van der Waals surface area contributed by atoms with Gasteiger partial charge in [0.2, 0.25) is 5.91 Å². The molecule has 0 aliphatic heterocycles. The number of anilines is 1. The van der Waals surface area contributed by atoms with Gasteiger partial charge in [-0.25, -0.2) is 0 Å². The van der Waals surface area contributed by atoms with E-state index in [-0.39, 0.29) is 5.91 Å². The molecule has 0 atom stereocenters. The van der Waals surface area contributed by atoms with Crippen LogP contribution in [0.3, 0.4) is 0 Å². The molecule has 100 valence electrons. The molecule has 0 spiro atoms. The van der Waals surface area contributed by atoms with Gasteiger partial charge in [0.15, 0.2) is 0 Å². The van der Waals surface area contributed by atoms with Crippen LogP contribution in [-0.2, 0) is 9.53 Å². The molecule has 0 fully saturated rings. The summed E-state index contributed by atoms with van der Waals surface area (Å²) in [5, 5.41) is 9.53. The Balaban J connectivity index is 1.97. The van der Waals surface area contributed by atoms with E-state index in [0.717, 1.165) is 16.8 Å². The molecular weight excluding hydrogens is 242 g/mol. The summed E-state index contributed by atoms with van der Waals surface area (Å²) in [5.41, 5.74) is 2.78. The Hall–Kier alpha value is -2.14. The highest BCUT2D eigenvalue weighted by atomic mass is 16.5. The van der Waals surface area contributed by atoms with Gasteiger partial charge < -0.3 is 10.1 Å². The molecule has 1 aromatic carbocycles. The molecule has 1 aromatic heterocycles. The summed E-state index contributed by atoms with van der Waals surface area (Å²) in [5.74, 6) is -0.0437. The van der Waals surface area contributed by atoms with Crippen molar-refractivity contribution in [1.82, 2.24) is 10.2 Å². The van der Waals surface area contributed by atoms with Gasteiger partial charge in [0, 0.05) is 24.1 Å². The normalized spacial score (nSPS) is 10.4. The number of aromatic nitrogens is 2. The first-order valence-corrected chi connectivity index (χ1v) is 6.26. The van der Waals surface area contributed by atoms with Crippen LogP contribution < -0.4 is 5.32 Å². The first-order valence-electron chi connectivity index (χ1n) is 6.26. The van der Waals surface area contributed by atoms with Crippen molar-refractivity contribution in [3.63, 3.8) is 0 Å². The second-order valence-corrected chi connectivity index (χ2v) is 4.06. The monoisotopic (exact) mass is 259 g/mol. The molecule has 0 aliphatic rings. The van der Waals surface area contributed by atoms with E-state index >= 15 is 0 Å². The van der Waals surface area contributed by atoms with E-state index in [9.17, 15) is 4.79 Å². The van der Waals surface area contributed by atoms with E-state index in [4.69, 9.17) is 4.74 Å². The third-order valence-electron chi connectivity index (χ3n) is 2.66. The predicted octanol–water partition coefficient (Wildman–Crippen LogP) is 2.44. The van der Waals surface area contributed by atoms with E-state index in [1.165, 1.54) is 0 Å². The number of carbonyl (C=O) groups excluding carboxylic acids is 1. The summed E-state index contributed by atoms with van der Waals surface area (Å²) >= 11 is 0. The SMILES string of the molecule is CCOCCC(=O)Nc1cccc(-c2cn[nH]c2)c1. The lowest BCUT2D eigenvalue weighted by Gasteiger charge is -2.06. The molecule has 1 heterocycles. The highest BCUT2D eigenvalue weighted by molar-refractivity contribution is 5.91. The van der Waals surface area contributed by atoms with Crippen molar-refractivity contribution in [2.24, 2.45) is 0 Å². The van der Waals surface area contributed by atoms with Crippen molar-refractivity contribution < 1.29 is 9.53 Å². The van der Waals surface area contributed by atoms with Gasteiger partial charge in [-0.2, -0.15) is 5.10 Å². The smallest absolute Gasteiger partial charge is 0.226 e. The molecule has 0 saturated heterocycles. The first-order chi connectivity index (χ1) is 9.29. The molecule has 0 saturated carbocycles. The van der Waals surface area contributed by atoms with E-state index in [1.54, 1.807) is 6.20 Å². The van der Waals surface area contributed by atoms with Crippen LogP contribution in [0.2, 0.25) is 0 Å². The maximum absolute atomic E-state index is 11.7. The number of carbonyl (C=O) groups is 1. The number of nitrogens with one attached hydrogen (secondary N) is 2. The molecule has 0 unspecified atom stereocenters. The molecule has 1 amide bonds. The summed E-state index contributed by atoms with van der Waals surface area (Å²) in [6.45, 7) is 2.99. The molecule has 5 heteroatoms. The number of hydrogen-bond donors (Lipinski definition) is 2. The highest BCUT2D eigenvalue weighted by Crippen LogP contribution is 2.21. The number of hydrogen-bond acceptors (Lipinski definition) is 3. The Morgan fingerprint density at radius 2 is 2.32 bits per heavy atom. The van der Waals surface area contributed by atoms with Crippen molar-refractivity contribution in [2.75, 3.05) is 18.5 Å². The van der Waals surface area contributed by atoms with Gasteiger partial charge >= 0.3 is 0 Å². The Kier molecular flexibility index (Phi) is 4.69. The van der Waals surface area contributed by atoms with Gasteiger partial charge in [0.25, 0.3) is 0 Å². The van der Waals surface area contributed by atoms with Crippen molar-refractivity contribution in [3.8, 4) is 11.1 Å². The Labute approximate surface area is 112 Å². The topological polar surface area (TPSA) is 67.0 Å². The zero-order valence-corrected chi connectivity index (χ0v) is 10.8. The second kappa shape index (κ2) is 6.70. The van der Waals surface area contributed by atoms with Crippen LogP contribution in [0.5, 0.6) is 0 Å². The Bertz CT molecular complexity index is 523. The van der Waals surface area contributed by atoms with Crippen molar-refractivity contribution in [3.05, 3.63) is 36.7 Å². The molecular formula is C14H17N3O2. The lowest BCUT2D eigenvalue weighted by molar-refractivity contribution is -0.117. The minimum Gasteiger partial charge on any atom is -0.381 e. The largest absolute Gasteiger partial charge is 0.381 e. The van der Waals surface area contributed by atoms with Crippen LogP contribution in [0.4, 0.5) is 5.69 Å². The summed E-state index contributed by atoms with van der Waals surface area (Å²) in [6.07, 6.45) is 3.93. The molecule has 5 nitrogen and oxygen atoms in total. The molecule has 0 aliphatic carbocycles. The van der Waals surface area contributed by atoms with Crippen LogP contribution in [-0.4, -0.2) is 29.3 Å². The number of ether oxygens (including phenoxy) is 1. The fourth-order valence-corrected chi connectivity index (χ4v) is 1.72. The summed E-state index contributed by atoms with van der Waals surface area (Å²) < 4.78 is 5.15. The van der Waals surface area contributed by atoms with Gasteiger partial charge in [0.1, 0.15) is 0 Å². The van der Waals surface area contributed by atoms with E-state index < -0.39 is 0 Å². The molecule has 2 rings (SSSR count). The molecule has 0 bridgehead atoms. The average Bonchev–Trinajstić information content (AvgIpc) is 2.93. The first kappa shape index (κ1) is 13.3. The standard InChI is InChI=1S/C14H17N3O2/c1-2-19-7-6-14(18)17-13-5-3-4-11(8-13)12-9-15-16-10-12/h3-5,8-10H,2,6-7H2,1H3,(H,15,16)(H,17,18). The minimum atomic E-state index is -0.0437. The number of nitrogens with zero attached hydrogens (tertiary/aromatic N) is 1. The lowest BCUT2D eigenvalue weighted by Crippen LogP contribution is -2.14. The molecule has 2 aromatic rings. The second-order valence-electron chi connectivity index (χ2n) is 4.06. The Morgan fingerprint density at radius 3 is 3.05 bits per heavy atom. The summed E-state index contributed by atoms with van der Waals surface area (Å²) in [4.78, 5) is 11.7.